The van der Waals surface area contributed by atoms with Gasteiger partial charge in [-0.05, 0) is 48.7 Å². The molecule has 2 N–H and O–H groups in total. The minimum absolute atomic E-state index is 0.177. The third-order valence-electron chi connectivity index (χ3n) is 3.83. The van der Waals surface area contributed by atoms with Gasteiger partial charge in [-0.2, -0.15) is 0 Å². The van der Waals surface area contributed by atoms with E-state index in [0.717, 1.165) is 17.7 Å². The first-order valence-electron chi connectivity index (χ1n) is 7.46. The smallest absolute Gasteiger partial charge is 0.242 e. The molecule has 3 rings (SSSR count). The molecule has 0 bridgehead atoms. The zero-order valence-electron chi connectivity index (χ0n) is 12.5. The van der Waals surface area contributed by atoms with Crippen molar-refractivity contribution in [3.63, 3.8) is 0 Å². The van der Waals surface area contributed by atoms with Gasteiger partial charge in [-0.1, -0.05) is 18.2 Å². The van der Waals surface area contributed by atoms with Crippen LogP contribution in [0.2, 0.25) is 0 Å². The minimum Gasteiger partial charge on any atom is -0.489 e. The molecule has 0 radical (unpaired) electrons. The van der Waals surface area contributed by atoms with E-state index in [-0.39, 0.29) is 18.3 Å². The first-order valence-corrected chi connectivity index (χ1v) is 7.46. The molecule has 1 atom stereocenters. The maximum Gasteiger partial charge on any atom is 0.242 e. The minimum atomic E-state index is -0.415. The summed E-state index contributed by atoms with van der Waals surface area (Å²) in [6, 6.07) is 13.5. The number of hydrogen-bond acceptors (Lipinski definition) is 3. The zero-order valence-corrected chi connectivity index (χ0v) is 12.5. The molecular weight excluding hydrogens is 295 g/mol. The monoisotopic (exact) mass is 312 g/mol. The van der Waals surface area contributed by atoms with Crippen LogP contribution in [0.4, 0.5) is 4.39 Å². The second-order valence-corrected chi connectivity index (χ2v) is 5.44. The first kappa shape index (κ1) is 15.2. The van der Waals surface area contributed by atoms with Crippen LogP contribution < -0.4 is 10.5 Å². The highest BCUT2D eigenvalue weighted by molar-refractivity contribution is 6.04. The number of rotatable bonds is 5. The lowest BCUT2D eigenvalue weighted by Gasteiger charge is -2.08. The van der Waals surface area contributed by atoms with Crippen LogP contribution in [0.15, 0.2) is 53.5 Å². The summed E-state index contributed by atoms with van der Waals surface area (Å²) in [5, 5.41) is 0. The molecule has 0 aliphatic carbocycles. The Bertz CT molecular complexity index is 741. The number of carbonyl (C=O) groups is 1. The SMILES string of the molecule is NC(=O)C1CCC(c2ccc(OCc3ccccc3F)cc2)=N1. The fourth-order valence-electron chi connectivity index (χ4n) is 2.54. The van der Waals surface area contributed by atoms with Crippen LogP contribution in [0.5, 0.6) is 5.75 Å². The van der Waals surface area contributed by atoms with Gasteiger partial charge in [-0.15, -0.1) is 0 Å². The van der Waals surface area contributed by atoms with Crippen molar-refractivity contribution < 1.29 is 13.9 Å². The van der Waals surface area contributed by atoms with Crippen LogP contribution in [-0.2, 0) is 11.4 Å². The molecule has 0 spiro atoms. The molecule has 1 amide bonds. The zero-order chi connectivity index (χ0) is 16.2. The summed E-state index contributed by atoms with van der Waals surface area (Å²) in [5.74, 6) is -0.00572. The average molecular weight is 312 g/mol. The van der Waals surface area contributed by atoms with Crippen molar-refractivity contribution in [2.45, 2.75) is 25.5 Å². The van der Waals surface area contributed by atoms with E-state index in [9.17, 15) is 9.18 Å². The highest BCUT2D eigenvalue weighted by Crippen LogP contribution is 2.21. The molecule has 0 fully saturated rings. The van der Waals surface area contributed by atoms with Gasteiger partial charge >= 0.3 is 0 Å². The van der Waals surface area contributed by atoms with Gasteiger partial charge in [-0.3, -0.25) is 9.79 Å². The summed E-state index contributed by atoms with van der Waals surface area (Å²) < 4.78 is 19.1. The summed E-state index contributed by atoms with van der Waals surface area (Å²) in [5.41, 5.74) is 7.62. The molecule has 1 aliphatic heterocycles. The van der Waals surface area contributed by atoms with Crippen molar-refractivity contribution in [3.8, 4) is 5.75 Å². The number of benzene rings is 2. The normalized spacial score (nSPS) is 16.9. The molecule has 0 saturated carbocycles. The molecule has 0 aromatic heterocycles. The molecule has 0 saturated heterocycles. The number of aliphatic imine (C=N–C) groups is 1. The van der Waals surface area contributed by atoms with Crippen LogP contribution in [-0.4, -0.2) is 17.7 Å². The Hall–Kier alpha value is -2.69. The molecule has 4 nitrogen and oxygen atoms in total. The van der Waals surface area contributed by atoms with Crippen molar-refractivity contribution in [2.75, 3.05) is 0 Å². The number of carbonyl (C=O) groups excluding carboxylic acids is 1. The van der Waals surface area contributed by atoms with Gasteiger partial charge in [0.25, 0.3) is 0 Å². The molecule has 2 aromatic rings. The van der Waals surface area contributed by atoms with Crippen molar-refractivity contribution in [3.05, 3.63) is 65.5 Å². The number of primary amides is 1. The molecule has 1 heterocycles. The Kier molecular flexibility index (Phi) is 4.37. The Labute approximate surface area is 133 Å². The predicted octanol–water partition coefficient (Wildman–Crippen LogP) is 2.84. The van der Waals surface area contributed by atoms with Crippen molar-refractivity contribution in [2.24, 2.45) is 10.7 Å². The highest BCUT2D eigenvalue weighted by Gasteiger charge is 2.22. The van der Waals surface area contributed by atoms with Crippen molar-refractivity contribution >= 4 is 11.6 Å². The predicted molar refractivity (Wildman–Crippen MR) is 85.9 cm³/mol. The van der Waals surface area contributed by atoms with Crippen LogP contribution >= 0.6 is 0 Å². The fraction of sp³-hybridized carbons (Fsp3) is 0.222. The molecule has 1 aliphatic rings. The molecule has 2 aromatic carbocycles. The van der Waals surface area contributed by atoms with Gasteiger partial charge in [0.1, 0.15) is 24.2 Å². The lowest BCUT2D eigenvalue weighted by molar-refractivity contribution is -0.119. The maximum atomic E-state index is 13.5. The fourth-order valence-corrected chi connectivity index (χ4v) is 2.54. The van der Waals surface area contributed by atoms with Crippen molar-refractivity contribution in [1.82, 2.24) is 0 Å². The molecule has 5 heteroatoms. The van der Waals surface area contributed by atoms with E-state index in [4.69, 9.17) is 10.5 Å². The third kappa shape index (κ3) is 3.56. The van der Waals surface area contributed by atoms with Gasteiger partial charge < -0.3 is 10.5 Å². The van der Waals surface area contributed by atoms with E-state index in [0.29, 0.717) is 17.7 Å². The first-order chi connectivity index (χ1) is 11.1. The van der Waals surface area contributed by atoms with Gasteiger partial charge in [-0.25, -0.2) is 4.39 Å². The highest BCUT2D eigenvalue weighted by atomic mass is 19.1. The lowest BCUT2D eigenvalue weighted by Crippen LogP contribution is -2.24. The van der Waals surface area contributed by atoms with Crippen LogP contribution in [0, 0.1) is 5.82 Å². The Morgan fingerprint density at radius 2 is 1.96 bits per heavy atom. The van der Waals surface area contributed by atoms with E-state index in [1.54, 1.807) is 18.2 Å². The lowest BCUT2D eigenvalue weighted by atomic mass is 10.1. The quantitative estimate of drug-likeness (QED) is 0.922. The number of nitrogens with zero attached hydrogens (tertiary/aromatic N) is 1. The summed E-state index contributed by atoms with van der Waals surface area (Å²) in [6.45, 7) is 0.177. The summed E-state index contributed by atoms with van der Waals surface area (Å²) in [6.07, 6.45) is 1.40. The van der Waals surface area contributed by atoms with E-state index < -0.39 is 6.04 Å². The number of ether oxygens (including phenoxy) is 1. The standard InChI is InChI=1S/C18H17FN2O2/c19-15-4-2-1-3-13(15)11-23-14-7-5-12(6-8-14)16-9-10-17(21-16)18(20)22/h1-8,17H,9-11H2,(H2,20,22). The summed E-state index contributed by atoms with van der Waals surface area (Å²) in [4.78, 5) is 15.5. The largest absolute Gasteiger partial charge is 0.489 e. The van der Waals surface area contributed by atoms with Gasteiger partial charge in [0.15, 0.2) is 0 Å². The van der Waals surface area contributed by atoms with Crippen LogP contribution in [0.1, 0.15) is 24.0 Å². The summed E-state index contributed by atoms with van der Waals surface area (Å²) in [7, 11) is 0. The van der Waals surface area contributed by atoms with Crippen LogP contribution in [0.25, 0.3) is 0 Å². The number of hydrogen-bond donors (Lipinski definition) is 1. The topological polar surface area (TPSA) is 64.7 Å². The Morgan fingerprint density at radius 3 is 2.61 bits per heavy atom. The molecule has 23 heavy (non-hydrogen) atoms. The third-order valence-corrected chi connectivity index (χ3v) is 3.83. The number of amides is 1. The van der Waals surface area contributed by atoms with Gasteiger partial charge in [0, 0.05) is 11.3 Å². The number of halogens is 1. The van der Waals surface area contributed by atoms with Gasteiger partial charge in [0.05, 0.1) is 0 Å². The second kappa shape index (κ2) is 6.60. The Balaban J connectivity index is 1.65. The molecular formula is C18H17FN2O2. The Morgan fingerprint density at radius 1 is 1.22 bits per heavy atom. The van der Waals surface area contributed by atoms with Gasteiger partial charge in [0.2, 0.25) is 5.91 Å². The summed E-state index contributed by atoms with van der Waals surface area (Å²) >= 11 is 0. The van der Waals surface area contributed by atoms with E-state index in [2.05, 4.69) is 4.99 Å². The molecule has 1 unspecified atom stereocenters. The second-order valence-electron chi connectivity index (χ2n) is 5.44. The van der Waals surface area contributed by atoms with Crippen LogP contribution in [0.3, 0.4) is 0 Å². The number of nitrogens with two attached hydrogens (primary N) is 1. The average Bonchev–Trinajstić information content (AvgIpc) is 3.05. The van der Waals surface area contributed by atoms with Crippen molar-refractivity contribution in [1.29, 1.82) is 0 Å². The molecule has 118 valence electrons. The maximum absolute atomic E-state index is 13.5. The van der Waals surface area contributed by atoms with E-state index in [1.165, 1.54) is 6.07 Å². The van der Waals surface area contributed by atoms with E-state index >= 15 is 0 Å². The van der Waals surface area contributed by atoms with E-state index in [1.807, 2.05) is 24.3 Å².